The minimum atomic E-state index is -1.02. The first kappa shape index (κ1) is 21.5. The number of likely N-dealkylation sites (tertiary alicyclic amines) is 1. The van der Waals surface area contributed by atoms with Gasteiger partial charge in [-0.1, -0.05) is 78.9 Å². The number of amides is 2. The lowest BCUT2D eigenvalue weighted by molar-refractivity contribution is -0.154. The van der Waals surface area contributed by atoms with Gasteiger partial charge in [0.2, 0.25) is 17.6 Å². The molecule has 1 fully saturated rings. The molecule has 7 rings (SSSR count). The number of Topliss-reactive ketones (excluding diaryl/α,β-unsaturated/α-hetero) is 1. The van der Waals surface area contributed by atoms with Crippen LogP contribution in [0.1, 0.15) is 51.4 Å². The zero-order chi connectivity index (χ0) is 24.3. The summed E-state index contributed by atoms with van der Waals surface area (Å²) < 4.78 is 5.34. The van der Waals surface area contributed by atoms with Crippen LogP contribution in [0.5, 0.6) is 0 Å². The second-order valence-corrected chi connectivity index (χ2v) is 9.39. The van der Waals surface area contributed by atoms with Gasteiger partial charge in [0.05, 0.1) is 11.8 Å². The van der Waals surface area contributed by atoms with Crippen LogP contribution in [0.25, 0.3) is 0 Å². The molecule has 4 aliphatic rings. The number of benzene rings is 3. The summed E-state index contributed by atoms with van der Waals surface area (Å²) in [5.74, 6) is -3.36. The Morgan fingerprint density at radius 2 is 1.17 bits per heavy atom. The summed E-state index contributed by atoms with van der Waals surface area (Å²) in [7, 11) is 0. The summed E-state index contributed by atoms with van der Waals surface area (Å²) in [6.45, 7) is 0.997. The van der Waals surface area contributed by atoms with Crippen molar-refractivity contribution in [3.05, 3.63) is 107 Å². The van der Waals surface area contributed by atoms with E-state index in [1.165, 1.54) is 6.92 Å². The molecule has 3 aromatic rings. The maximum absolute atomic E-state index is 13.6. The topological polar surface area (TPSA) is 80.8 Å². The molecule has 3 aliphatic carbocycles. The lowest BCUT2D eigenvalue weighted by Crippen LogP contribution is -2.41. The molecule has 35 heavy (non-hydrogen) atoms. The van der Waals surface area contributed by atoms with E-state index in [0.29, 0.717) is 5.56 Å². The Balaban J connectivity index is 1.26. The van der Waals surface area contributed by atoms with Crippen molar-refractivity contribution in [3.63, 3.8) is 0 Å². The van der Waals surface area contributed by atoms with E-state index in [0.717, 1.165) is 27.2 Å². The first-order valence-electron chi connectivity index (χ1n) is 11.8. The lowest BCUT2D eigenvalue weighted by atomic mass is 9.55. The predicted molar refractivity (Wildman–Crippen MR) is 127 cm³/mol. The number of nitrogens with zero attached hydrogens (tertiary/aromatic N) is 1. The van der Waals surface area contributed by atoms with Gasteiger partial charge in [-0.25, -0.2) is 0 Å². The Morgan fingerprint density at radius 1 is 0.743 bits per heavy atom. The summed E-state index contributed by atoms with van der Waals surface area (Å²) in [4.78, 5) is 53.5. The maximum atomic E-state index is 13.6. The van der Waals surface area contributed by atoms with E-state index in [-0.39, 0.29) is 29.4 Å². The Morgan fingerprint density at radius 3 is 1.63 bits per heavy atom. The largest absolute Gasteiger partial charge is 0.453 e. The third kappa shape index (κ3) is 3.16. The highest BCUT2D eigenvalue weighted by molar-refractivity contribution is 6.09. The molecule has 1 aliphatic heterocycles. The zero-order valence-corrected chi connectivity index (χ0v) is 19.1. The van der Waals surface area contributed by atoms with E-state index in [2.05, 4.69) is 0 Å². The first-order chi connectivity index (χ1) is 17.0. The average Bonchev–Trinajstić information content (AvgIpc) is 3.14. The quantitative estimate of drug-likeness (QED) is 0.326. The Hall–Kier alpha value is -4.06. The summed E-state index contributed by atoms with van der Waals surface area (Å²) >= 11 is 0. The number of imide groups is 1. The van der Waals surface area contributed by atoms with Gasteiger partial charge in [0.1, 0.15) is 6.54 Å². The van der Waals surface area contributed by atoms with Crippen molar-refractivity contribution in [2.24, 2.45) is 11.8 Å². The van der Waals surface area contributed by atoms with E-state index in [4.69, 9.17) is 4.74 Å². The van der Waals surface area contributed by atoms with Crippen LogP contribution < -0.4 is 0 Å². The first-order valence-corrected chi connectivity index (χ1v) is 11.8. The van der Waals surface area contributed by atoms with Crippen molar-refractivity contribution < 1.29 is 23.9 Å². The normalized spacial score (nSPS) is 24.4. The average molecular weight is 466 g/mol. The molecule has 6 heteroatoms. The molecule has 2 bridgehead atoms. The molecule has 2 amide bonds. The highest BCUT2D eigenvalue weighted by atomic mass is 16.5. The number of ketones is 1. The number of carbonyl (C=O) groups excluding carboxylic acids is 4. The summed E-state index contributed by atoms with van der Waals surface area (Å²) in [6, 6.07) is 24.5. The monoisotopic (exact) mass is 465 g/mol. The number of ether oxygens (including phenoxy) is 1. The van der Waals surface area contributed by atoms with Gasteiger partial charge in [-0.15, -0.1) is 0 Å². The number of esters is 1. The fourth-order valence-electron chi connectivity index (χ4n) is 6.15. The second-order valence-electron chi connectivity index (χ2n) is 9.39. The van der Waals surface area contributed by atoms with Crippen LogP contribution in [0.4, 0.5) is 0 Å². The molecule has 0 spiro atoms. The molecule has 3 aromatic carbocycles. The molecular formula is C29H23NO5. The maximum Gasteiger partial charge on any atom is 0.326 e. The van der Waals surface area contributed by atoms with Gasteiger partial charge in [-0.05, 0) is 29.2 Å². The van der Waals surface area contributed by atoms with Crippen molar-refractivity contribution in [2.45, 2.75) is 24.9 Å². The van der Waals surface area contributed by atoms with Gasteiger partial charge < -0.3 is 4.74 Å². The molecular weight excluding hydrogens is 442 g/mol. The van der Waals surface area contributed by atoms with E-state index >= 15 is 0 Å². The second kappa shape index (κ2) is 8.01. The van der Waals surface area contributed by atoms with Crippen molar-refractivity contribution in [2.75, 3.05) is 6.54 Å². The van der Waals surface area contributed by atoms with Crippen molar-refractivity contribution in [1.82, 2.24) is 4.90 Å². The van der Waals surface area contributed by atoms with Crippen LogP contribution in [0.2, 0.25) is 0 Å². The minimum absolute atomic E-state index is 0.228. The Labute approximate surface area is 202 Å². The molecule has 0 radical (unpaired) electrons. The summed E-state index contributed by atoms with van der Waals surface area (Å²) in [5, 5.41) is 0. The van der Waals surface area contributed by atoms with Gasteiger partial charge in [0, 0.05) is 17.4 Å². The predicted octanol–water partition coefficient (Wildman–Crippen LogP) is 3.69. The summed E-state index contributed by atoms with van der Waals surface area (Å²) in [5.41, 5.74) is 4.73. The highest BCUT2D eigenvalue weighted by Crippen LogP contribution is 2.60. The molecule has 1 heterocycles. The van der Waals surface area contributed by atoms with Crippen LogP contribution in [0.3, 0.4) is 0 Å². The third-order valence-corrected chi connectivity index (χ3v) is 7.56. The number of hydrogen-bond donors (Lipinski definition) is 0. The number of carbonyl (C=O) groups is 4. The number of rotatable bonds is 5. The molecule has 1 saturated heterocycles. The van der Waals surface area contributed by atoms with Gasteiger partial charge in [-0.2, -0.15) is 0 Å². The van der Waals surface area contributed by atoms with Crippen molar-refractivity contribution >= 4 is 23.6 Å². The van der Waals surface area contributed by atoms with Crippen LogP contribution in [-0.2, 0) is 19.1 Å². The van der Waals surface area contributed by atoms with E-state index in [1.54, 1.807) is 30.3 Å². The van der Waals surface area contributed by atoms with Crippen molar-refractivity contribution in [3.8, 4) is 0 Å². The minimum Gasteiger partial charge on any atom is -0.453 e. The molecule has 0 N–H and O–H groups in total. The summed E-state index contributed by atoms with van der Waals surface area (Å²) in [6.07, 6.45) is -1.02. The third-order valence-electron chi connectivity index (χ3n) is 7.56. The SMILES string of the molecule is C[C@H](OC(=O)CN1C(=O)[C@@H]2C3c4ccccc4C(c4ccccc43)[C@H]2C1=O)C(=O)c1ccccc1. The lowest BCUT2D eigenvalue weighted by Gasteiger charge is -2.45. The van der Waals surface area contributed by atoms with E-state index in [1.807, 2.05) is 48.5 Å². The van der Waals surface area contributed by atoms with Gasteiger partial charge in [0.15, 0.2) is 6.10 Å². The van der Waals surface area contributed by atoms with E-state index < -0.39 is 30.5 Å². The Kier molecular flexibility index (Phi) is 4.92. The molecule has 0 unspecified atom stereocenters. The van der Waals surface area contributed by atoms with Gasteiger partial charge >= 0.3 is 5.97 Å². The van der Waals surface area contributed by atoms with E-state index in [9.17, 15) is 19.2 Å². The van der Waals surface area contributed by atoms with Gasteiger partial charge in [0.25, 0.3) is 0 Å². The number of hydrogen-bond acceptors (Lipinski definition) is 5. The fourth-order valence-corrected chi connectivity index (χ4v) is 6.15. The molecule has 6 nitrogen and oxygen atoms in total. The fraction of sp³-hybridized carbons (Fsp3) is 0.241. The molecule has 3 atom stereocenters. The highest BCUT2D eigenvalue weighted by Gasteiger charge is 2.61. The molecule has 0 saturated carbocycles. The van der Waals surface area contributed by atoms with Crippen LogP contribution in [-0.4, -0.2) is 41.1 Å². The molecule has 0 aromatic heterocycles. The van der Waals surface area contributed by atoms with Crippen molar-refractivity contribution in [1.29, 1.82) is 0 Å². The zero-order valence-electron chi connectivity index (χ0n) is 19.1. The van der Waals surface area contributed by atoms with Crippen LogP contribution in [0.15, 0.2) is 78.9 Å². The van der Waals surface area contributed by atoms with Crippen LogP contribution in [0, 0.1) is 11.8 Å². The van der Waals surface area contributed by atoms with Gasteiger partial charge in [-0.3, -0.25) is 24.1 Å². The molecule has 174 valence electrons. The van der Waals surface area contributed by atoms with Crippen LogP contribution >= 0.6 is 0 Å². The Bertz CT molecular complexity index is 1270. The smallest absolute Gasteiger partial charge is 0.326 e. The standard InChI is InChI=1S/C29H23NO5/c1-16(27(32)17-9-3-2-4-10-17)35-22(31)15-30-28(33)25-23-18-11-5-6-12-19(18)24(26(25)29(30)34)21-14-8-7-13-20(21)23/h2-14,16,23-26H,15H2,1H3/t16-,23?,24?,25+,26+/m0/s1.